The minimum atomic E-state index is -0.533. The van der Waals surface area contributed by atoms with Gasteiger partial charge in [0.2, 0.25) is 0 Å². The minimum Gasteiger partial charge on any atom is -0.390 e. The van der Waals surface area contributed by atoms with Crippen LogP contribution < -0.4 is 5.73 Å². The predicted octanol–water partition coefficient (Wildman–Crippen LogP) is 2.48. The molecule has 3 N–H and O–H groups in total. The molecule has 1 fully saturated rings. The molecule has 0 spiro atoms. The van der Waals surface area contributed by atoms with Crippen molar-refractivity contribution in [2.24, 2.45) is 5.73 Å². The third-order valence-electron chi connectivity index (χ3n) is 3.99. The third-order valence-corrected chi connectivity index (χ3v) is 3.99. The lowest BCUT2D eigenvalue weighted by Crippen LogP contribution is -2.40. The van der Waals surface area contributed by atoms with Crippen LogP contribution in [0.2, 0.25) is 0 Å². The molecule has 2 nitrogen and oxygen atoms in total. The Kier molecular flexibility index (Phi) is 3.55. The molecule has 2 heteroatoms. The average Bonchev–Trinajstić information content (AvgIpc) is 2.28. The van der Waals surface area contributed by atoms with Crippen LogP contribution in [0, 0.1) is 13.8 Å². The second-order valence-electron chi connectivity index (χ2n) is 5.67. The van der Waals surface area contributed by atoms with Gasteiger partial charge in [0.05, 0.1) is 5.60 Å². The molecule has 1 aliphatic carbocycles. The second-order valence-corrected chi connectivity index (χ2v) is 5.67. The van der Waals surface area contributed by atoms with E-state index in [1.807, 2.05) is 0 Å². The van der Waals surface area contributed by atoms with E-state index in [1.165, 1.54) is 16.7 Å². The molecular weight excluding hydrogens is 210 g/mol. The first-order valence-corrected chi connectivity index (χ1v) is 6.53. The maximum absolute atomic E-state index is 10.6. The van der Waals surface area contributed by atoms with Crippen LogP contribution in [-0.2, 0) is 6.42 Å². The zero-order valence-electron chi connectivity index (χ0n) is 10.9. The number of benzene rings is 1. The van der Waals surface area contributed by atoms with Gasteiger partial charge in [-0.15, -0.1) is 0 Å². The number of hydrogen-bond acceptors (Lipinski definition) is 2. The van der Waals surface area contributed by atoms with E-state index in [2.05, 4.69) is 32.0 Å². The van der Waals surface area contributed by atoms with Crippen molar-refractivity contribution in [2.75, 3.05) is 0 Å². The van der Waals surface area contributed by atoms with Crippen LogP contribution in [0.15, 0.2) is 18.2 Å². The Balaban J connectivity index is 2.12. The summed E-state index contributed by atoms with van der Waals surface area (Å²) in [6, 6.07) is 6.75. The zero-order valence-corrected chi connectivity index (χ0v) is 10.9. The third kappa shape index (κ3) is 3.08. The Morgan fingerprint density at radius 2 is 1.94 bits per heavy atom. The summed E-state index contributed by atoms with van der Waals surface area (Å²) >= 11 is 0. The van der Waals surface area contributed by atoms with Crippen LogP contribution in [0.5, 0.6) is 0 Å². The lowest BCUT2D eigenvalue weighted by molar-refractivity contribution is 0.0000859. The van der Waals surface area contributed by atoms with Crippen LogP contribution in [-0.4, -0.2) is 16.7 Å². The zero-order chi connectivity index (χ0) is 12.5. The van der Waals surface area contributed by atoms with E-state index in [0.717, 1.165) is 32.1 Å². The number of aryl methyl sites for hydroxylation is 2. The topological polar surface area (TPSA) is 46.2 Å². The standard InChI is InChI=1S/C15H23NO/c1-11-3-4-12(2)13(9-11)10-15(17)7-5-14(16)6-8-15/h3-4,9,14,17H,5-8,10,16H2,1-2H3. The molecule has 94 valence electrons. The van der Waals surface area contributed by atoms with E-state index < -0.39 is 5.60 Å². The molecule has 0 bridgehead atoms. The molecule has 0 heterocycles. The Hall–Kier alpha value is -0.860. The van der Waals surface area contributed by atoms with Gasteiger partial charge < -0.3 is 10.8 Å². The maximum atomic E-state index is 10.6. The molecule has 0 amide bonds. The average molecular weight is 233 g/mol. The summed E-state index contributed by atoms with van der Waals surface area (Å²) in [7, 11) is 0. The fourth-order valence-electron chi connectivity index (χ4n) is 2.70. The van der Waals surface area contributed by atoms with E-state index in [0.29, 0.717) is 0 Å². The Labute approximate surface area is 104 Å². The van der Waals surface area contributed by atoms with Crippen molar-refractivity contribution in [3.8, 4) is 0 Å². The molecule has 0 atom stereocenters. The van der Waals surface area contributed by atoms with Crippen molar-refractivity contribution in [3.63, 3.8) is 0 Å². The van der Waals surface area contributed by atoms with Gasteiger partial charge >= 0.3 is 0 Å². The van der Waals surface area contributed by atoms with E-state index in [-0.39, 0.29) is 6.04 Å². The Bertz CT molecular complexity index is 392. The largest absolute Gasteiger partial charge is 0.390 e. The van der Waals surface area contributed by atoms with Crippen molar-refractivity contribution >= 4 is 0 Å². The fraction of sp³-hybridized carbons (Fsp3) is 0.600. The van der Waals surface area contributed by atoms with Gasteiger partial charge in [0.25, 0.3) is 0 Å². The highest BCUT2D eigenvalue weighted by Gasteiger charge is 2.32. The molecule has 1 aliphatic rings. The van der Waals surface area contributed by atoms with Crippen molar-refractivity contribution < 1.29 is 5.11 Å². The Morgan fingerprint density at radius 3 is 2.59 bits per heavy atom. The van der Waals surface area contributed by atoms with Crippen molar-refractivity contribution in [3.05, 3.63) is 34.9 Å². The van der Waals surface area contributed by atoms with E-state index in [4.69, 9.17) is 5.73 Å². The minimum absolute atomic E-state index is 0.286. The van der Waals surface area contributed by atoms with E-state index >= 15 is 0 Å². The first-order chi connectivity index (χ1) is 7.98. The van der Waals surface area contributed by atoms with Gasteiger partial charge in [-0.1, -0.05) is 23.8 Å². The van der Waals surface area contributed by atoms with E-state index in [1.54, 1.807) is 0 Å². The van der Waals surface area contributed by atoms with Gasteiger partial charge in [-0.3, -0.25) is 0 Å². The lowest BCUT2D eigenvalue weighted by atomic mass is 9.78. The molecule has 17 heavy (non-hydrogen) atoms. The molecule has 0 unspecified atom stereocenters. The van der Waals surface area contributed by atoms with Gasteiger partial charge in [0.15, 0.2) is 0 Å². The molecule has 1 aromatic carbocycles. The summed E-state index contributed by atoms with van der Waals surface area (Å²) in [5.74, 6) is 0. The molecule has 1 saturated carbocycles. The summed E-state index contributed by atoms with van der Waals surface area (Å²) in [4.78, 5) is 0. The molecular formula is C15H23NO. The van der Waals surface area contributed by atoms with Crippen LogP contribution >= 0.6 is 0 Å². The number of aliphatic hydroxyl groups is 1. The first-order valence-electron chi connectivity index (χ1n) is 6.53. The number of rotatable bonds is 2. The summed E-state index contributed by atoms with van der Waals surface area (Å²) in [5, 5.41) is 10.6. The quantitative estimate of drug-likeness (QED) is 0.824. The van der Waals surface area contributed by atoms with Crippen LogP contribution in [0.4, 0.5) is 0 Å². The van der Waals surface area contributed by atoms with Crippen molar-refractivity contribution in [2.45, 2.75) is 57.6 Å². The maximum Gasteiger partial charge on any atom is 0.0689 e. The fourth-order valence-corrected chi connectivity index (χ4v) is 2.70. The highest BCUT2D eigenvalue weighted by molar-refractivity contribution is 5.31. The van der Waals surface area contributed by atoms with Gasteiger partial charge in [-0.05, 0) is 50.7 Å². The molecule has 0 aliphatic heterocycles. The number of nitrogens with two attached hydrogens (primary N) is 1. The van der Waals surface area contributed by atoms with E-state index in [9.17, 15) is 5.11 Å². The monoisotopic (exact) mass is 233 g/mol. The molecule has 0 aromatic heterocycles. The Morgan fingerprint density at radius 1 is 1.29 bits per heavy atom. The van der Waals surface area contributed by atoms with Crippen LogP contribution in [0.3, 0.4) is 0 Å². The molecule has 2 rings (SSSR count). The predicted molar refractivity (Wildman–Crippen MR) is 71.0 cm³/mol. The summed E-state index contributed by atoms with van der Waals surface area (Å²) in [5.41, 5.74) is 9.18. The second kappa shape index (κ2) is 4.79. The van der Waals surface area contributed by atoms with Crippen LogP contribution in [0.1, 0.15) is 42.4 Å². The molecule has 1 aromatic rings. The van der Waals surface area contributed by atoms with Crippen molar-refractivity contribution in [1.82, 2.24) is 0 Å². The summed E-state index contributed by atoms with van der Waals surface area (Å²) in [6.45, 7) is 4.22. The smallest absolute Gasteiger partial charge is 0.0689 e. The lowest BCUT2D eigenvalue weighted by Gasteiger charge is -2.35. The van der Waals surface area contributed by atoms with Gasteiger partial charge in [-0.2, -0.15) is 0 Å². The summed E-state index contributed by atoms with van der Waals surface area (Å²) in [6.07, 6.45) is 4.33. The SMILES string of the molecule is Cc1ccc(C)c(CC2(O)CCC(N)CC2)c1. The van der Waals surface area contributed by atoms with Gasteiger partial charge in [-0.25, -0.2) is 0 Å². The molecule has 0 radical (unpaired) electrons. The number of hydrogen-bond donors (Lipinski definition) is 2. The normalized spacial score (nSPS) is 29.3. The van der Waals surface area contributed by atoms with Crippen LogP contribution in [0.25, 0.3) is 0 Å². The molecule has 0 saturated heterocycles. The first kappa shape index (κ1) is 12.6. The highest BCUT2D eigenvalue weighted by Crippen LogP contribution is 2.31. The van der Waals surface area contributed by atoms with Crippen molar-refractivity contribution in [1.29, 1.82) is 0 Å². The van der Waals surface area contributed by atoms with Gasteiger partial charge in [0, 0.05) is 12.5 Å². The highest BCUT2D eigenvalue weighted by atomic mass is 16.3. The van der Waals surface area contributed by atoms with Gasteiger partial charge in [0.1, 0.15) is 0 Å². The summed E-state index contributed by atoms with van der Waals surface area (Å²) < 4.78 is 0.